The number of aliphatic hydroxyl groups excluding tert-OH is 1. The number of hydrogen-bond acceptors (Lipinski definition) is 10. The van der Waals surface area contributed by atoms with Gasteiger partial charge in [0.2, 0.25) is 0 Å². The minimum atomic E-state index is -4.18. The second-order valence-corrected chi connectivity index (χ2v) is 25.1. The zero-order valence-corrected chi connectivity index (χ0v) is 55.2. The highest BCUT2D eigenvalue weighted by molar-refractivity contribution is 7.86. The smallest absolute Gasteiger partial charge is 0.267 e. The van der Waals surface area contributed by atoms with Crippen LogP contribution in [0.15, 0.2) is 267 Å². The zero-order chi connectivity index (χ0) is 65.8. The van der Waals surface area contributed by atoms with Crippen LogP contribution in [0.1, 0.15) is 100 Å². The first-order valence-electron chi connectivity index (χ1n) is 31.4. The number of aliphatic hydroxyl groups is 1. The summed E-state index contributed by atoms with van der Waals surface area (Å²) in [6.45, 7) is 10.3. The lowest BCUT2D eigenvalue weighted by atomic mass is 9.85. The molecular formula is C80H82N4O7S2. The molecule has 0 bridgehead atoms. The molecule has 3 heterocycles. The Hall–Kier alpha value is -9.60. The van der Waals surface area contributed by atoms with E-state index in [0.29, 0.717) is 26.0 Å². The molecule has 0 unspecified atom stereocenters. The van der Waals surface area contributed by atoms with Crippen LogP contribution in [0.5, 0.6) is 0 Å². The maximum Gasteiger partial charge on any atom is 0.267 e. The summed E-state index contributed by atoms with van der Waals surface area (Å²) in [4.78, 5) is 8.72. The van der Waals surface area contributed by atoms with Gasteiger partial charge in [0, 0.05) is 81.9 Å². The molecule has 476 valence electrons. The van der Waals surface area contributed by atoms with Gasteiger partial charge in [0.25, 0.3) is 10.1 Å². The van der Waals surface area contributed by atoms with Crippen molar-refractivity contribution in [1.29, 1.82) is 0 Å². The molecule has 1 aliphatic rings. The Kier molecular flexibility index (Phi) is 26.3. The van der Waals surface area contributed by atoms with Gasteiger partial charge >= 0.3 is 0 Å². The van der Waals surface area contributed by atoms with Crippen LogP contribution in [-0.2, 0) is 31.0 Å². The SMILES string of the molecule is CCN(C)c1ccc(/C(=C(\c2ccccc2)c2ccc(/C=C/c3ccncc3)cc2)c2ccccc2)cc1.CCN(CC)c1ccc(/C(=C(\c2ccccc2)c2ccc(/C=C/c3cc[n+](CCCS(=O)(=O)[O-])cc3)cc2)c2ccccc2)cc1.CO.O=S1(=O)CCCO1. The summed E-state index contributed by atoms with van der Waals surface area (Å²) in [6, 6.07) is 86.0. The van der Waals surface area contributed by atoms with Crippen molar-refractivity contribution in [3.63, 3.8) is 0 Å². The molecule has 8 aromatic carbocycles. The molecule has 10 aromatic rings. The van der Waals surface area contributed by atoms with Crippen molar-refractivity contribution in [2.45, 2.75) is 40.2 Å². The molecule has 13 heteroatoms. The third-order valence-electron chi connectivity index (χ3n) is 15.7. The predicted octanol–water partition coefficient (Wildman–Crippen LogP) is 16.0. The fourth-order valence-electron chi connectivity index (χ4n) is 10.7. The van der Waals surface area contributed by atoms with E-state index in [-0.39, 0.29) is 11.5 Å². The molecule has 0 radical (unpaired) electrons. The Morgan fingerprint density at radius 3 is 1.13 bits per heavy atom. The van der Waals surface area contributed by atoms with E-state index < -0.39 is 20.2 Å². The highest BCUT2D eigenvalue weighted by Crippen LogP contribution is 2.39. The number of aryl methyl sites for hydroxylation is 1. The molecule has 0 amide bonds. The molecule has 2 aromatic heterocycles. The maximum absolute atomic E-state index is 10.9. The summed E-state index contributed by atoms with van der Waals surface area (Å²) in [5.41, 5.74) is 21.1. The highest BCUT2D eigenvalue weighted by Gasteiger charge is 2.20. The van der Waals surface area contributed by atoms with E-state index in [1.54, 1.807) is 0 Å². The molecule has 0 saturated carbocycles. The van der Waals surface area contributed by atoms with Gasteiger partial charge in [-0.15, -0.1) is 0 Å². The molecule has 0 spiro atoms. The lowest BCUT2D eigenvalue weighted by Gasteiger charge is -2.22. The van der Waals surface area contributed by atoms with E-state index >= 15 is 0 Å². The van der Waals surface area contributed by atoms with Crippen molar-refractivity contribution in [3.05, 3.63) is 334 Å². The topological polar surface area (TPSA) is 144 Å². The van der Waals surface area contributed by atoms with E-state index in [9.17, 15) is 21.4 Å². The van der Waals surface area contributed by atoms with E-state index in [1.165, 1.54) is 61.5 Å². The Morgan fingerprint density at radius 1 is 0.484 bits per heavy atom. The molecule has 1 saturated heterocycles. The van der Waals surface area contributed by atoms with Crippen LogP contribution in [0.25, 0.3) is 46.6 Å². The number of rotatable bonds is 21. The molecule has 0 aliphatic carbocycles. The Labute approximate surface area is 551 Å². The lowest BCUT2D eigenvalue weighted by Crippen LogP contribution is -2.33. The van der Waals surface area contributed by atoms with E-state index in [0.717, 1.165) is 65.7 Å². The molecule has 1 aliphatic heterocycles. The van der Waals surface area contributed by atoms with Crippen LogP contribution in [-0.4, -0.2) is 83.4 Å². The molecule has 1 fully saturated rings. The van der Waals surface area contributed by atoms with Crippen LogP contribution >= 0.6 is 0 Å². The molecule has 93 heavy (non-hydrogen) atoms. The van der Waals surface area contributed by atoms with Gasteiger partial charge in [-0.3, -0.25) is 9.17 Å². The number of benzene rings is 8. The maximum atomic E-state index is 10.9. The Morgan fingerprint density at radius 2 is 0.817 bits per heavy atom. The number of nitrogens with zero attached hydrogens (tertiary/aromatic N) is 4. The van der Waals surface area contributed by atoms with Crippen LogP contribution in [0, 0.1) is 0 Å². The quantitative estimate of drug-likeness (QED) is 0.0319. The normalized spacial score (nSPS) is 13.1. The second kappa shape index (κ2) is 35.3. The highest BCUT2D eigenvalue weighted by atomic mass is 32.2. The minimum Gasteiger partial charge on any atom is -0.748 e. The van der Waals surface area contributed by atoms with Gasteiger partial charge in [-0.05, 0) is 153 Å². The summed E-state index contributed by atoms with van der Waals surface area (Å²) in [6.07, 6.45) is 16.8. The van der Waals surface area contributed by atoms with Gasteiger partial charge in [-0.25, -0.2) is 13.0 Å². The monoisotopic (exact) mass is 1270 g/mol. The second-order valence-electron chi connectivity index (χ2n) is 21.9. The Bertz CT molecular complexity index is 4230. The van der Waals surface area contributed by atoms with E-state index in [2.05, 4.69) is 289 Å². The number of pyridine rings is 2. The standard InChI is InChI=1S/C40H40N2O3S.C36H32N2.C3H6O3S.CH4O/c1-3-42(4-2)38-24-22-37(23-25-38)40(35-14-9-6-10-15-35)39(34-12-7-5-8-13-34)36-20-18-32(19-21-36)16-17-33-26-29-41(30-27-33)28-11-31-46(43,44)45;1-3-38(2)34-22-20-33(21-23-34)36(31-12-8-5-9-13-31)35(30-10-6-4-7-11-30)32-18-16-28(17-19-32)14-15-29-24-26-37-27-25-29;4-7(5)3-1-2-6-7;1-2/h5-10,12-27,29-30H,3-4,11,28,31H2,1-2H3;4-27H,3H2,1-2H3;1-3H2;2H,1H3/b;15-14+,36-35+;;. The molecule has 11 rings (SSSR count). The molecule has 0 atom stereocenters. The van der Waals surface area contributed by atoms with Gasteiger partial charge in [0.15, 0.2) is 12.4 Å². The number of anilines is 2. The van der Waals surface area contributed by atoms with Crippen molar-refractivity contribution in [2.24, 2.45) is 0 Å². The van der Waals surface area contributed by atoms with Gasteiger partial charge < -0.3 is 19.5 Å². The van der Waals surface area contributed by atoms with E-state index in [4.69, 9.17) is 5.11 Å². The third kappa shape index (κ3) is 20.7. The van der Waals surface area contributed by atoms with Crippen molar-refractivity contribution < 1.29 is 35.2 Å². The van der Waals surface area contributed by atoms with Crippen LogP contribution in [0.3, 0.4) is 0 Å². The number of aromatic nitrogens is 2. The van der Waals surface area contributed by atoms with Crippen molar-refractivity contribution >= 4 is 78.2 Å². The first-order valence-corrected chi connectivity index (χ1v) is 34.5. The van der Waals surface area contributed by atoms with Crippen LogP contribution < -0.4 is 14.4 Å². The summed E-state index contributed by atoms with van der Waals surface area (Å²) in [7, 11) is -4.10. The van der Waals surface area contributed by atoms with Crippen LogP contribution in [0.2, 0.25) is 0 Å². The van der Waals surface area contributed by atoms with Gasteiger partial charge in [-0.1, -0.05) is 218 Å². The average Bonchev–Trinajstić information content (AvgIpc) is 1.01. The van der Waals surface area contributed by atoms with Crippen molar-refractivity contribution in [3.8, 4) is 0 Å². The average molecular weight is 1280 g/mol. The first-order chi connectivity index (χ1) is 45.3. The summed E-state index contributed by atoms with van der Waals surface area (Å²) in [5.74, 6) is -0.151. The lowest BCUT2D eigenvalue weighted by molar-refractivity contribution is -0.696. The van der Waals surface area contributed by atoms with Crippen molar-refractivity contribution in [1.82, 2.24) is 4.98 Å². The molecule has 11 nitrogen and oxygen atoms in total. The molecular weight excluding hydrogens is 1190 g/mol. The van der Waals surface area contributed by atoms with Crippen LogP contribution in [0.4, 0.5) is 11.4 Å². The minimum absolute atomic E-state index is 0.201. The Balaban J connectivity index is 0.000000213. The third-order valence-corrected chi connectivity index (χ3v) is 17.8. The first kappa shape index (κ1) is 69.3. The number of hydrogen-bond donors (Lipinski definition) is 1. The largest absolute Gasteiger partial charge is 0.748 e. The zero-order valence-electron chi connectivity index (χ0n) is 53.6. The fraction of sp³-hybridized carbons (Fsp3) is 0.175. The van der Waals surface area contributed by atoms with Gasteiger partial charge in [0.1, 0.15) is 6.54 Å². The van der Waals surface area contributed by atoms with Crippen molar-refractivity contribution in [2.75, 3.05) is 61.7 Å². The molecule has 1 N–H and O–H groups in total. The summed E-state index contributed by atoms with van der Waals surface area (Å²) in [5, 5.41) is 7.00. The van der Waals surface area contributed by atoms with Gasteiger partial charge in [0.05, 0.1) is 22.5 Å². The summed E-state index contributed by atoms with van der Waals surface area (Å²) >= 11 is 0. The predicted molar refractivity (Wildman–Crippen MR) is 384 cm³/mol. The van der Waals surface area contributed by atoms with Gasteiger partial charge in [-0.2, -0.15) is 8.42 Å². The van der Waals surface area contributed by atoms with E-state index in [1.807, 2.05) is 53.6 Å². The fourth-order valence-corrected chi connectivity index (χ4v) is 12.2. The summed E-state index contributed by atoms with van der Waals surface area (Å²) < 4.78 is 59.2.